The van der Waals surface area contributed by atoms with Crippen molar-refractivity contribution >= 4 is 23.5 Å². The third-order valence-corrected chi connectivity index (χ3v) is 6.23. The number of esters is 2. The van der Waals surface area contributed by atoms with Gasteiger partial charge >= 0.3 is 11.9 Å². The number of hydrogen-bond acceptors (Lipinski definition) is 5. The molecule has 2 aromatic rings. The van der Waals surface area contributed by atoms with Crippen LogP contribution < -0.4 is 9.47 Å². The van der Waals surface area contributed by atoms with Crippen LogP contribution in [0.4, 0.5) is 0 Å². The van der Waals surface area contributed by atoms with Crippen molar-refractivity contribution in [3.63, 3.8) is 0 Å². The van der Waals surface area contributed by atoms with Crippen molar-refractivity contribution in [2.45, 2.75) is 78.6 Å². The average molecular weight is 503 g/mol. The molecular formula is C29H39ClO5. The summed E-state index contributed by atoms with van der Waals surface area (Å²) < 4.78 is 16.9. The molecule has 6 heteroatoms. The third kappa shape index (κ3) is 9.93. The van der Waals surface area contributed by atoms with Gasteiger partial charge in [-0.2, -0.15) is 0 Å². The number of carbonyl (C=O) groups excluding carboxylic acids is 2. The van der Waals surface area contributed by atoms with Crippen molar-refractivity contribution in [2.24, 2.45) is 5.92 Å². The van der Waals surface area contributed by atoms with Gasteiger partial charge in [-0.25, -0.2) is 9.59 Å². The molecule has 0 radical (unpaired) electrons. The fourth-order valence-electron chi connectivity index (χ4n) is 3.52. The summed E-state index contributed by atoms with van der Waals surface area (Å²) in [6.45, 7) is 7.04. The van der Waals surface area contributed by atoms with Crippen molar-refractivity contribution < 1.29 is 23.8 Å². The summed E-state index contributed by atoms with van der Waals surface area (Å²) in [5.74, 6) is -0.466. The minimum atomic E-state index is -0.638. The molecule has 0 fully saturated rings. The molecule has 0 aliphatic rings. The quantitative estimate of drug-likeness (QED) is 0.131. The highest BCUT2D eigenvalue weighted by atomic mass is 35.5. The normalized spacial score (nSPS) is 11.7. The van der Waals surface area contributed by atoms with Gasteiger partial charge in [-0.05, 0) is 36.6 Å². The van der Waals surface area contributed by atoms with E-state index < -0.39 is 11.9 Å². The lowest BCUT2D eigenvalue weighted by molar-refractivity contribution is 0.0442. The van der Waals surface area contributed by atoms with Gasteiger partial charge in [0, 0.05) is 0 Å². The highest BCUT2D eigenvalue weighted by molar-refractivity contribution is 6.32. The lowest BCUT2D eigenvalue weighted by Gasteiger charge is -2.14. The number of ether oxygens (including phenoxy) is 3. The molecule has 1 atom stereocenters. The van der Waals surface area contributed by atoms with Crippen molar-refractivity contribution in [3.05, 3.63) is 58.6 Å². The molecule has 0 saturated carbocycles. The fourth-order valence-corrected chi connectivity index (χ4v) is 3.75. The van der Waals surface area contributed by atoms with Crippen LogP contribution in [0.3, 0.4) is 0 Å². The molecule has 1 unspecified atom stereocenters. The standard InChI is InChI=1S/C29H39ClO5/c1-4-6-7-8-9-10-11-14-20-33-27-24(17-15-18-25(27)30)29(32)35-26-19-13-12-16-23(26)28(31)34-21-22(3)5-2/h12-13,15-19,22H,4-11,14,20-21H2,1-3H3. The van der Waals surface area contributed by atoms with E-state index in [9.17, 15) is 9.59 Å². The molecule has 0 aliphatic carbocycles. The first-order valence-electron chi connectivity index (χ1n) is 12.9. The molecule has 0 bridgehead atoms. The number of benzene rings is 2. The molecule has 0 N–H and O–H groups in total. The number of halogens is 1. The van der Waals surface area contributed by atoms with Gasteiger partial charge in [-0.3, -0.25) is 0 Å². The summed E-state index contributed by atoms with van der Waals surface area (Å²) in [6.07, 6.45) is 10.4. The van der Waals surface area contributed by atoms with Crippen LogP contribution in [0.1, 0.15) is 99.3 Å². The minimum Gasteiger partial charge on any atom is -0.491 e. The lowest BCUT2D eigenvalue weighted by atomic mass is 10.1. The average Bonchev–Trinajstić information content (AvgIpc) is 2.87. The SMILES string of the molecule is CCCCCCCCCCOc1c(Cl)cccc1C(=O)Oc1ccccc1C(=O)OCC(C)CC. The van der Waals surface area contributed by atoms with E-state index in [2.05, 4.69) is 6.92 Å². The van der Waals surface area contributed by atoms with Crippen LogP contribution in [0.5, 0.6) is 11.5 Å². The van der Waals surface area contributed by atoms with Crippen LogP contribution in [0, 0.1) is 5.92 Å². The molecule has 5 nitrogen and oxygen atoms in total. The van der Waals surface area contributed by atoms with E-state index in [0.717, 1.165) is 19.3 Å². The topological polar surface area (TPSA) is 61.8 Å². The Morgan fingerprint density at radius 1 is 0.829 bits per heavy atom. The first kappa shape index (κ1) is 28.7. The maximum atomic E-state index is 13.0. The molecule has 2 rings (SSSR count). The van der Waals surface area contributed by atoms with Crippen LogP contribution in [0.2, 0.25) is 5.02 Å². The van der Waals surface area contributed by atoms with Gasteiger partial charge in [0.25, 0.3) is 0 Å². The summed E-state index contributed by atoms with van der Waals surface area (Å²) >= 11 is 6.35. The second-order valence-electron chi connectivity index (χ2n) is 8.94. The van der Waals surface area contributed by atoms with Crippen LogP contribution >= 0.6 is 11.6 Å². The molecular weight excluding hydrogens is 464 g/mol. The van der Waals surface area contributed by atoms with E-state index in [1.165, 1.54) is 38.5 Å². The molecule has 0 saturated heterocycles. The van der Waals surface area contributed by atoms with Gasteiger partial charge in [0.15, 0.2) is 5.75 Å². The second kappa shape index (κ2) is 16.2. The van der Waals surface area contributed by atoms with Gasteiger partial charge in [0.2, 0.25) is 0 Å². The zero-order valence-electron chi connectivity index (χ0n) is 21.3. The smallest absolute Gasteiger partial charge is 0.347 e. The van der Waals surface area contributed by atoms with Crippen molar-refractivity contribution in [2.75, 3.05) is 13.2 Å². The zero-order valence-corrected chi connectivity index (χ0v) is 22.1. The van der Waals surface area contributed by atoms with Gasteiger partial charge in [-0.15, -0.1) is 0 Å². The molecule has 0 amide bonds. The Morgan fingerprint density at radius 2 is 1.49 bits per heavy atom. The summed E-state index contributed by atoms with van der Waals surface area (Å²) in [6, 6.07) is 11.5. The van der Waals surface area contributed by atoms with E-state index in [-0.39, 0.29) is 22.8 Å². The van der Waals surface area contributed by atoms with E-state index in [1.807, 2.05) is 13.8 Å². The fraction of sp³-hybridized carbons (Fsp3) is 0.517. The Bertz CT molecular complexity index is 927. The summed E-state index contributed by atoms with van der Waals surface area (Å²) in [7, 11) is 0. The highest BCUT2D eigenvalue weighted by Crippen LogP contribution is 2.31. The molecule has 35 heavy (non-hydrogen) atoms. The third-order valence-electron chi connectivity index (χ3n) is 5.94. The van der Waals surface area contributed by atoms with Crippen molar-refractivity contribution in [1.29, 1.82) is 0 Å². The predicted octanol–water partition coefficient (Wildman–Crippen LogP) is 8.28. The van der Waals surface area contributed by atoms with Crippen molar-refractivity contribution in [3.8, 4) is 11.5 Å². The highest BCUT2D eigenvalue weighted by Gasteiger charge is 2.21. The molecule has 0 aliphatic heterocycles. The van der Waals surface area contributed by atoms with E-state index in [1.54, 1.807) is 42.5 Å². The molecule has 0 heterocycles. The number of rotatable bonds is 16. The Balaban J connectivity index is 1.97. The Kier molecular flexibility index (Phi) is 13.3. The Hall–Kier alpha value is -2.53. The molecule has 0 aromatic heterocycles. The number of para-hydroxylation sites is 2. The van der Waals surface area contributed by atoms with Gasteiger partial charge in [0.05, 0.1) is 18.2 Å². The van der Waals surface area contributed by atoms with E-state index in [4.69, 9.17) is 25.8 Å². The molecule has 2 aromatic carbocycles. The number of carbonyl (C=O) groups is 2. The Morgan fingerprint density at radius 3 is 2.20 bits per heavy atom. The first-order valence-corrected chi connectivity index (χ1v) is 13.2. The minimum absolute atomic E-state index is 0.139. The maximum Gasteiger partial charge on any atom is 0.347 e. The summed E-state index contributed by atoms with van der Waals surface area (Å²) in [5.41, 5.74) is 0.424. The molecule has 0 spiro atoms. The van der Waals surface area contributed by atoms with Gasteiger partial charge < -0.3 is 14.2 Å². The predicted molar refractivity (Wildman–Crippen MR) is 141 cm³/mol. The van der Waals surface area contributed by atoms with Crippen LogP contribution in [-0.4, -0.2) is 25.2 Å². The van der Waals surface area contributed by atoms with Gasteiger partial charge in [-0.1, -0.05) is 102 Å². The van der Waals surface area contributed by atoms with Crippen LogP contribution in [0.15, 0.2) is 42.5 Å². The maximum absolute atomic E-state index is 13.0. The van der Waals surface area contributed by atoms with E-state index >= 15 is 0 Å². The number of hydrogen-bond donors (Lipinski definition) is 0. The number of unbranched alkanes of at least 4 members (excludes halogenated alkanes) is 7. The second-order valence-corrected chi connectivity index (χ2v) is 9.34. The summed E-state index contributed by atoms with van der Waals surface area (Å²) in [5, 5.41) is 0.347. The van der Waals surface area contributed by atoms with Crippen LogP contribution in [-0.2, 0) is 4.74 Å². The van der Waals surface area contributed by atoms with Gasteiger partial charge in [0.1, 0.15) is 16.9 Å². The monoisotopic (exact) mass is 502 g/mol. The largest absolute Gasteiger partial charge is 0.491 e. The zero-order chi connectivity index (χ0) is 25.5. The van der Waals surface area contributed by atoms with Crippen LogP contribution in [0.25, 0.3) is 0 Å². The molecule has 192 valence electrons. The van der Waals surface area contributed by atoms with E-state index in [0.29, 0.717) is 24.0 Å². The van der Waals surface area contributed by atoms with Crippen molar-refractivity contribution in [1.82, 2.24) is 0 Å². The lowest BCUT2D eigenvalue weighted by Crippen LogP contribution is -2.16. The Labute approximate surface area is 215 Å². The first-order chi connectivity index (χ1) is 17.0. The summed E-state index contributed by atoms with van der Waals surface area (Å²) in [4.78, 5) is 25.6.